The van der Waals surface area contributed by atoms with Crippen molar-refractivity contribution < 1.29 is 10.0 Å². The van der Waals surface area contributed by atoms with Crippen molar-refractivity contribution in [3.8, 4) is 0 Å². The number of benzene rings is 1. The summed E-state index contributed by atoms with van der Waals surface area (Å²) in [6.45, 7) is 1.81. The molecule has 1 N–H and O–H groups in total. The zero-order valence-corrected chi connectivity index (χ0v) is 10.9. The number of rotatable bonds is 4. The number of aromatic nitrogens is 2. The van der Waals surface area contributed by atoms with Gasteiger partial charge in [0.1, 0.15) is 0 Å². The summed E-state index contributed by atoms with van der Waals surface area (Å²) in [5.74, 6) is 0. The number of aliphatic hydroxyl groups is 1. The standard InChI is InChI=1S/C12H12ClN3O3/c1-8(17)9-5-14-15(6-9)7-10-11(13)3-2-4-12(10)16(18)19/h2-6,8,17H,7H2,1H3. The molecule has 0 bridgehead atoms. The van der Waals surface area contributed by atoms with Gasteiger partial charge in [-0.2, -0.15) is 5.10 Å². The first-order valence-electron chi connectivity index (χ1n) is 5.61. The van der Waals surface area contributed by atoms with Gasteiger partial charge < -0.3 is 5.11 Å². The lowest BCUT2D eigenvalue weighted by Gasteiger charge is -2.05. The zero-order chi connectivity index (χ0) is 14.0. The second-order valence-corrected chi connectivity index (χ2v) is 4.55. The molecule has 1 atom stereocenters. The van der Waals surface area contributed by atoms with E-state index in [1.54, 1.807) is 19.2 Å². The Balaban J connectivity index is 2.34. The molecule has 7 heteroatoms. The van der Waals surface area contributed by atoms with Crippen LogP contribution in [0.2, 0.25) is 5.02 Å². The summed E-state index contributed by atoms with van der Waals surface area (Å²) in [6, 6.07) is 4.54. The first kappa shape index (κ1) is 13.5. The predicted molar refractivity (Wildman–Crippen MR) is 70.1 cm³/mol. The van der Waals surface area contributed by atoms with Crippen molar-refractivity contribution in [3.05, 3.63) is 56.9 Å². The minimum absolute atomic E-state index is 0.0402. The summed E-state index contributed by atoms with van der Waals surface area (Å²) in [4.78, 5) is 10.5. The summed E-state index contributed by atoms with van der Waals surface area (Å²) in [6.07, 6.45) is 2.53. The van der Waals surface area contributed by atoms with Crippen LogP contribution in [0.3, 0.4) is 0 Å². The van der Waals surface area contributed by atoms with Gasteiger partial charge in [-0.15, -0.1) is 0 Å². The van der Waals surface area contributed by atoms with Gasteiger partial charge in [0.15, 0.2) is 0 Å². The van der Waals surface area contributed by atoms with E-state index in [2.05, 4.69) is 5.10 Å². The van der Waals surface area contributed by atoms with Crippen LogP contribution < -0.4 is 0 Å². The van der Waals surface area contributed by atoms with Crippen LogP contribution in [0.4, 0.5) is 5.69 Å². The Morgan fingerprint density at radius 2 is 2.32 bits per heavy atom. The Bertz CT molecular complexity index is 610. The lowest BCUT2D eigenvalue weighted by molar-refractivity contribution is -0.385. The molecule has 1 aromatic carbocycles. The third-order valence-corrected chi connectivity index (χ3v) is 3.10. The van der Waals surface area contributed by atoms with E-state index in [9.17, 15) is 15.2 Å². The van der Waals surface area contributed by atoms with Crippen molar-refractivity contribution in [1.82, 2.24) is 9.78 Å². The van der Waals surface area contributed by atoms with Crippen LogP contribution in [0.15, 0.2) is 30.6 Å². The molecule has 6 nitrogen and oxygen atoms in total. The molecule has 0 aliphatic carbocycles. The highest BCUT2D eigenvalue weighted by Crippen LogP contribution is 2.27. The van der Waals surface area contributed by atoms with Crippen LogP contribution in [0, 0.1) is 10.1 Å². The molecule has 19 heavy (non-hydrogen) atoms. The van der Waals surface area contributed by atoms with E-state index in [1.807, 2.05) is 0 Å². The van der Waals surface area contributed by atoms with Crippen LogP contribution in [0.25, 0.3) is 0 Å². The number of aliphatic hydroxyl groups excluding tert-OH is 1. The maximum Gasteiger partial charge on any atom is 0.275 e. The highest BCUT2D eigenvalue weighted by molar-refractivity contribution is 6.31. The van der Waals surface area contributed by atoms with Gasteiger partial charge in [0.2, 0.25) is 0 Å². The summed E-state index contributed by atoms with van der Waals surface area (Å²) >= 11 is 6.00. The maximum absolute atomic E-state index is 11.0. The van der Waals surface area contributed by atoms with E-state index < -0.39 is 11.0 Å². The van der Waals surface area contributed by atoms with Crippen molar-refractivity contribution in [3.63, 3.8) is 0 Å². The summed E-state index contributed by atoms with van der Waals surface area (Å²) in [5, 5.41) is 24.7. The largest absolute Gasteiger partial charge is 0.389 e. The molecule has 1 aromatic heterocycles. The molecule has 0 saturated carbocycles. The molecule has 2 rings (SSSR count). The van der Waals surface area contributed by atoms with Gasteiger partial charge in [0.05, 0.1) is 34.4 Å². The van der Waals surface area contributed by atoms with Crippen molar-refractivity contribution >= 4 is 17.3 Å². The lowest BCUT2D eigenvalue weighted by atomic mass is 10.2. The smallest absolute Gasteiger partial charge is 0.275 e. The fourth-order valence-electron chi connectivity index (χ4n) is 1.72. The van der Waals surface area contributed by atoms with Gasteiger partial charge in [-0.1, -0.05) is 17.7 Å². The van der Waals surface area contributed by atoms with Gasteiger partial charge in [0.25, 0.3) is 5.69 Å². The SMILES string of the molecule is CC(O)c1cnn(Cc2c(Cl)cccc2[N+](=O)[O-])c1. The minimum atomic E-state index is -0.630. The van der Waals surface area contributed by atoms with Gasteiger partial charge in [-0.25, -0.2) is 0 Å². The molecule has 0 aliphatic heterocycles. The first-order valence-corrected chi connectivity index (χ1v) is 5.99. The minimum Gasteiger partial charge on any atom is -0.389 e. The Morgan fingerprint density at radius 3 is 2.89 bits per heavy atom. The van der Waals surface area contributed by atoms with Crippen molar-refractivity contribution in [2.24, 2.45) is 0 Å². The summed E-state index contributed by atoms with van der Waals surface area (Å²) < 4.78 is 1.51. The number of hydrogen-bond acceptors (Lipinski definition) is 4. The molecule has 1 heterocycles. The molecule has 0 fully saturated rings. The Hall–Kier alpha value is -1.92. The lowest BCUT2D eigenvalue weighted by Crippen LogP contribution is -2.04. The summed E-state index contributed by atoms with van der Waals surface area (Å²) in [5.41, 5.74) is 1.01. The topological polar surface area (TPSA) is 81.2 Å². The monoisotopic (exact) mass is 281 g/mol. The van der Waals surface area contributed by atoms with E-state index in [-0.39, 0.29) is 12.2 Å². The van der Waals surface area contributed by atoms with Gasteiger partial charge in [-0.05, 0) is 13.0 Å². The van der Waals surface area contributed by atoms with Gasteiger partial charge in [0, 0.05) is 17.8 Å². The Morgan fingerprint density at radius 1 is 1.58 bits per heavy atom. The fourth-order valence-corrected chi connectivity index (χ4v) is 1.95. The number of halogens is 1. The highest BCUT2D eigenvalue weighted by Gasteiger charge is 2.17. The molecule has 0 radical (unpaired) electrons. The number of nitrogens with zero attached hydrogens (tertiary/aromatic N) is 3. The zero-order valence-electron chi connectivity index (χ0n) is 10.2. The molecular formula is C12H12ClN3O3. The average molecular weight is 282 g/mol. The molecule has 100 valence electrons. The van der Waals surface area contributed by atoms with Gasteiger partial charge >= 0.3 is 0 Å². The van der Waals surface area contributed by atoms with Gasteiger partial charge in [-0.3, -0.25) is 14.8 Å². The van der Waals surface area contributed by atoms with E-state index in [4.69, 9.17) is 11.6 Å². The number of hydrogen-bond donors (Lipinski definition) is 1. The molecule has 1 unspecified atom stereocenters. The molecule has 0 amide bonds. The quantitative estimate of drug-likeness (QED) is 0.690. The number of nitro groups is 1. The predicted octanol–water partition coefficient (Wildman–Crippen LogP) is 2.55. The number of nitro benzene ring substituents is 1. The summed E-state index contributed by atoms with van der Waals surface area (Å²) in [7, 11) is 0. The first-order chi connectivity index (χ1) is 8.99. The van der Waals surface area contributed by atoms with Crippen molar-refractivity contribution in [1.29, 1.82) is 0 Å². The fraction of sp³-hybridized carbons (Fsp3) is 0.250. The third kappa shape index (κ3) is 2.91. The van der Waals surface area contributed by atoms with Crippen molar-refractivity contribution in [2.75, 3.05) is 0 Å². The van der Waals surface area contributed by atoms with E-state index in [0.717, 1.165) is 0 Å². The molecule has 0 aliphatic rings. The Kier molecular flexibility index (Phi) is 3.82. The van der Waals surface area contributed by atoms with Crippen LogP contribution in [0.5, 0.6) is 0 Å². The second kappa shape index (κ2) is 5.38. The van der Waals surface area contributed by atoms with Crippen LogP contribution in [0.1, 0.15) is 24.2 Å². The second-order valence-electron chi connectivity index (χ2n) is 4.14. The average Bonchev–Trinajstić information content (AvgIpc) is 2.80. The third-order valence-electron chi connectivity index (χ3n) is 2.75. The van der Waals surface area contributed by atoms with E-state index in [0.29, 0.717) is 16.1 Å². The van der Waals surface area contributed by atoms with Crippen molar-refractivity contribution in [2.45, 2.75) is 19.6 Å². The maximum atomic E-state index is 11.0. The van der Waals surface area contributed by atoms with E-state index in [1.165, 1.54) is 23.0 Å². The molecule has 2 aromatic rings. The van der Waals surface area contributed by atoms with Crippen LogP contribution in [-0.4, -0.2) is 19.8 Å². The Labute approximate surface area is 114 Å². The molecular weight excluding hydrogens is 270 g/mol. The van der Waals surface area contributed by atoms with Crippen LogP contribution >= 0.6 is 11.6 Å². The van der Waals surface area contributed by atoms with Crippen LogP contribution in [-0.2, 0) is 6.54 Å². The normalized spacial score (nSPS) is 12.4. The van der Waals surface area contributed by atoms with E-state index >= 15 is 0 Å². The molecule has 0 spiro atoms. The molecule has 0 saturated heterocycles. The highest BCUT2D eigenvalue weighted by atomic mass is 35.5.